The van der Waals surface area contributed by atoms with E-state index in [-0.39, 0.29) is 0 Å². The van der Waals surface area contributed by atoms with E-state index in [4.69, 9.17) is 0 Å². The van der Waals surface area contributed by atoms with Crippen molar-refractivity contribution in [3.8, 4) is 0 Å². The molecular formula is C12H11NO4. The third-order valence-corrected chi connectivity index (χ3v) is 2.49. The Labute approximate surface area is 97.3 Å². The van der Waals surface area contributed by atoms with Crippen molar-refractivity contribution in [1.29, 1.82) is 0 Å². The zero-order valence-electron chi connectivity index (χ0n) is 9.44. The Balaban J connectivity index is 2.66. The van der Waals surface area contributed by atoms with Gasteiger partial charge in [0.05, 0.1) is 30.9 Å². The van der Waals surface area contributed by atoms with E-state index in [1.807, 2.05) is 0 Å². The third kappa shape index (κ3) is 1.87. The second-order valence-corrected chi connectivity index (χ2v) is 3.45. The second kappa shape index (κ2) is 4.29. The highest BCUT2D eigenvalue weighted by molar-refractivity contribution is 6.06. The number of aromatic amines is 1. The van der Waals surface area contributed by atoms with Crippen LogP contribution >= 0.6 is 0 Å². The number of fused-ring (bicyclic) bond motifs is 1. The first-order chi connectivity index (χ1) is 8.17. The molecule has 0 bridgehead atoms. The molecule has 0 radical (unpaired) electrons. The lowest BCUT2D eigenvalue weighted by molar-refractivity contribution is 0.0600. The second-order valence-electron chi connectivity index (χ2n) is 3.45. The zero-order chi connectivity index (χ0) is 12.4. The summed E-state index contributed by atoms with van der Waals surface area (Å²) in [7, 11) is 2.59. The molecule has 17 heavy (non-hydrogen) atoms. The van der Waals surface area contributed by atoms with E-state index in [0.717, 1.165) is 5.39 Å². The first kappa shape index (κ1) is 11.2. The summed E-state index contributed by atoms with van der Waals surface area (Å²) in [6.45, 7) is 0. The number of benzene rings is 1. The minimum atomic E-state index is -0.497. The van der Waals surface area contributed by atoms with Crippen LogP contribution in [-0.2, 0) is 9.47 Å². The molecule has 0 atom stereocenters. The van der Waals surface area contributed by atoms with E-state index in [9.17, 15) is 9.59 Å². The topological polar surface area (TPSA) is 68.4 Å². The minimum Gasteiger partial charge on any atom is -0.465 e. The molecule has 0 saturated carbocycles. The highest BCUT2D eigenvalue weighted by Gasteiger charge is 2.16. The van der Waals surface area contributed by atoms with Crippen LogP contribution < -0.4 is 0 Å². The molecule has 0 aliphatic heterocycles. The Morgan fingerprint density at radius 2 is 1.82 bits per heavy atom. The highest BCUT2D eigenvalue weighted by atomic mass is 16.5. The molecule has 0 unspecified atom stereocenters. The summed E-state index contributed by atoms with van der Waals surface area (Å²) in [6, 6.07) is 4.88. The van der Waals surface area contributed by atoms with E-state index >= 15 is 0 Å². The van der Waals surface area contributed by atoms with Crippen LogP contribution in [0.15, 0.2) is 24.4 Å². The molecule has 0 spiro atoms. The molecule has 0 aliphatic carbocycles. The smallest absolute Gasteiger partial charge is 0.340 e. The SMILES string of the molecule is COC(=O)c1cc(C(=O)OC)c2[nH]ccc2c1. The fourth-order valence-electron chi connectivity index (χ4n) is 1.68. The van der Waals surface area contributed by atoms with Crippen LogP contribution in [0.1, 0.15) is 20.7 Å². The predicted octanol–water partition coefficient (Wildman–Crippen LogP) is 1.74. The van der Waals surface area contributed by atoms with Crippen LogP contribution in [0.2, 0.25) is 0 Å². The number of carbonyl (C=O) groups excluding carboxylic acids is 2. The van der Waals surface area contributed by atoms with Gasteiger partial charge in [0.15, 0.2) is 0 Å². The minimum absolute atomic E-state index is 0.315. The largest absolute Gasteiger partial charge is 0.465 e. The van der Waals surface area contributed by atoms with Crippen molar-refractivity contribution in [3.05, 3.63) is 35.5 Å². The average Bonchev–Trinajstić information content (AvgIpc) is 2.83. The molecule has 1 aromatic heterocycles. The number of hydrogen-bond acceptors (Lipinski definition) is 4. The van der Waals surface area contributed by atoms with Gasteiger partial charge < -0.3 is 14.5 Å². The Hall–Kier alpha value is -2.30. The van der Waals surface area contributed by atoms with Gasteiger partial charge in [-0.05, 0) is 18.2 Å². The Morgan fingerprint density at radius 3 is 2.47 bits per heavy atom. The summed E-state index contributed by atoms with van der Waals surface area (Å²) in [5.41, 5.74) is 1.28. The van der Waals surface area contributed by atoms with Crippen LogP contribution in [0.4, 0.5) is 0 Å². The molecule has 2 aromatic rings. The Kier molecular flexibility index (Phi) is 2.82. The van der Waals surface area contributed by atoms with Crippen molar-refractivity contribution in [2.45, 2.75) is 0 Å². The summed E-state index contributed by atoms with van der Waals surface area (Å²) >= 11 is 0. The Bertz CT molecular complexity index is 585. The van der Waals surface area contributed by atoms with Gasteiger partial charge in [-0.15, -0.1) is 0 Å². The van der Waals surface area contributed by atoms with Crippen molar-refractivity contribution in [2.24, 2.45) is 0 Å². The number of carbonyl (C=O) groups is 2. The fraction of sp³-hybridized carbons (Fsp3) is 0.167. The van der Waals surface area contributed by atoms with E-state index < -0.39 is 11.9 Å². The van der Waals surface area contributed by atoms with Crippen molar-refractivity contribution in [2.75, 3.05) is 14.2 Å². The maximum atomic E-state index is 11.6. The first-order valence-corrected chi connectivity index (χ1v) is 4.95. The molecule has 2 rings (SSSR count). The maximum Gasteiger partial charge on any atom is 0.340 e. The van der Waals surface area contributed by atoms with Crippen LogP contribution in [0.5, 0.6) is 0 Å². The quantitative estimate of drug-likeness (QED) is 0.802. The fourth-order valence-corrected chi connectivity index (χ4v) is 1.68. The first-order valence-electron chi connectivity index (χ1n) is 4.95. The van der Waals surface area contributed by atoms with Gasteiger partial charge in [-0.1, -0.05) is 0 Å². The number of rotatable bonds is 2. The van der Waals surface area contributed by atoms with Crippen molar-refractivity contribution in [3.63, 3.8) is 0 Å². The van der Waals surface area contributed by atoms with Gasteiger partial charge in [-0.25, -0.2) is 9.59 Å². The summed E-state index contributed by atoms with van der Waals surface area (Å²) in [5, 5.41) is 0.758. The number of esters is 2. The molecule has 0 aliphatic rings. The number of aromatic nitrogens is 1. The number of methoxy groups -OCH3 is 2. The van der Waals surface area contributed by atoms with Gasteiger partial charge in [0.25, 0.3) is 0 Å². The average molecular weight is 233 g/mol. The summed E-state index contributed by atoms with van der Waals surface area (Å²) in [5.74, 6) is -0.985. The Morgan fingerprint density at radius 1 is 1.12 bits per heavy atom. The van der Waals surface area contributed by atoms with Gasteiger partial charge in [0.1, 0.15) is 0 Å². The van der Waals surface area contributed by atoms with Gasteiger partial charge in [0.2, 0.25) is 0 Å². The summed E-state index contributed by atoms with van der Waals surface area (Å²) in [4.78, 5) is 26.0. The highest BCUT2D eigenvalue weighted by Crippen LogP contribution is 2.21. The van der Waals surface area contributed by atoms with Gasteiger partial charge in [0, 0.05) is 11.6 Å². The number of hydrogen-bond donors (Lipinski definition) is 1. The molecule has 1 N–H and O–H groups in total. The molecule has 0 fully saturated rings. The van der Waals surface area contributed by atoms with Crippen LogP contribution in [0, 0.1) is 0 Å². The molecular weight excluding hydrogens is 222 g/mol. The molecule has 1 heterocycles. The van der Waals surface area contributed by atoms with Gasteiger partial charge >= 0.3 is 11.9 Å². The van der Waals surface area contributed by atoms with Crippen LogP contribution in [0.25, 0.3) is 10.9 Å². The zero-order valence-corrected chi connectivity index (χ0v) is 9.44. The van der Waals surface area contributed by atoms with Gasteiger partial charge in [-0.2, -0.15) is 0 Å². The maximum absolute atomic E-state index is 11.6. The normalized spacial score (nSPS) is 10.2. The number of H-pyrrole nitrogens is 1. The predicted molar refractivity (Wildman–Crippen MR) is 61.0 cm³/mol. The summed E-state index contributed by atoms with van der Waals surface area (Å²) in [6.07, 6.45) is 1.69. The summed E-state index contributed by atoms with van der Waals surface area (Å²) < 4.78 is 9.30. The third-order valence-electron chi connectivity index (χ3n) is 2.49. The molecule has 88 valence electrons. The van der Waals surface area contributed by atoms with E-state index in [1.165, 1.54) is 20.3 Å². The number of ether oxygens (including phenoxy) is 2. The van der Waals surface area contributed by atoms with E-state index in [2.05, 4.69) is 14.5 Å². The molecule has 0 amide bonds. The van der Waals surface area contributed by atoms with Gasteiger partial charge in [-0.3, -0.25) is 0 Å². The lowest BCUT2D eigenvalue weighted by atomic mass is 10.1. The molecule has 5 heteroatoms. The lowest BCUT2D eigenvalue weighted by Gasteiger charge is -2.04. The van der Waals surface area contributed by atoms with Crippen LogP contribution in [-0.4, -0.2) is 31.1 Å². The number of nitrogens with one attached hydrogen (secondary N) is 1. The standard InChI is InChI=1S/C12H11NO4/c1-16-11(14)8-5-7-3-4-13-10(7)9(6-8)12(15)17-2/h3-6,13H,1-2H3. The van der Waals surface area contributed by atoms with Crippen LogP contribution in [0.3, 0.4) is 0 Å². The van der Waals surface area contributed by atoms with E-state index in [0.29, 0.717) is 16.6 Å². The molecule has 5 nitrogen and oxygen atoms in total. The monoisotopic (exact) mass is 233 g/mol. The van der Waals surface area contributed by atoms with Crippen molar-refractivity contribution >= 4 is 22.8 Å². The van der Waals surface area contributed by atoms with E-state index in [1.54, 1.807) is 18.3 Å². The lowest BCUT2D eigenvalue weighted by Crippen LogP contribution is -2.07. The molecule has 1 aromatic carbocycles. The van der Waals surface area contributed by atoms with Crippen molar-refractivity contribution in [1.82, 2.24) is 4.98 Å². The van der Waals surface area contributed by atoms with Crippen molar-refractivity contribution < 1.29 is 19.1 Å². The molecule has 0 saturated heterocycles.